The number of hydrogen-bond donors (Lipinski definition) is 1. The fourth-order valence-electron chi connectivity index (χ4n) is 10.4. The number of benzene rings is 1. The van der Waals surface area contributed by atoms with Gasteiger partial charge in [0.15, 0.2) is 0 Å². The molecule has 8 fully saturated rings. The zero-order chi connectivity index (χ0) is 22.3. The number of aryl methyl sites for hydroxylation is 1. The topological polar surface area (TPSA) is 74.7 Å². The SMILES string of the molecule is Cc1ccc(S(=O)(=O)N2C[C@]3(C)CCC[C@]4(O)[C@@H]5CC6CC(=O)[C@@]57CC[C@@]34[C@H]2[C@H]7C6)cc1. The summed E-state index contributed by atoms with van der Waals surface area (Å²) >= 11 is 0. The molecule has 8 atom stereocenters. The molecule has 6 heteroatoms. The minimum absolute atomic E-state index is 0.0200. The van der Waals surface area contributed by atoms with Crippen molar-refractivity contribution >= 4 is 15.8 Å². The third-order valence-electron chi connectivity index (χ3n) is 11.4. The zero-order valence-corrected chi connectivity index (χ0v) is 19.8. The molecule has 2 spiro atoms. The lowest BCUT2D eigenvalue weighted by atomic mass is 9.27. The first-order valence-corrected chi connectivity index (χ1v) is 13.9. The van der Waals surface area contributed by atoms with E-state index >= 15 is 0 Å². The maximum absolute atomic E-state index is 14.1. The molecule has 1 unspecified atom stereocenters. The molecule has 32 heavy (non-hydrogen) atoms. The largest absolute Gasteiger partial charge is 0.389 e. The molecule has 7 saturated carbocycles. The van der Waals surface area contributed by atoms with Gasteiger partial charge in [-0.1, -0.05) is 24.6 Å². The van der Waals surface area contributed by atoms with E-state index in [1.54, 1.807) is 16.4 Å². The van der Waals surface area contributed by atoms with E-state index in [-0.39, 0.29) is 23.3 Å². The van der Waals surface area contributed by atoms with Crippen molar-refractivity contribution in [3.05, 3.63) is 29.8 Å². The number of ketones is 1. The number of carbonyl (C=O) groups is 1. The van der Waals surface area contributed by atoms with Gasteiger partial charge in [-0.15, -0.1) is 0 Å². The van der Waals surface area contributed by atoms with Crippen LogP contribution in [0, 0.1) is 40.9 Å². The summed E-state index contributed by atoms with van der Waals surface area (Å²) in [6, 6.07) is 6.90. The molecule has 5 bridgehead atoms. The van der Waals surface area contributed by atoms with Crippen LogP contribution in [0.25, 0.3) is 0 Å². The molecule has 172 valence electrons. The number of sulfonamides is 1. The van der Waals surface area contributed by atoms with Crippen molar-refractivity contribution in [3.8, 4) is 0 Å². The average molecular weight is 456 g/mol. The monoisotopic (exact) mass is 455 g/mol. The fraction of sp³-hybridized carbons (Fsp3) is 0.731. The summed E-state index contributed by atoms with van der Waals surface area (Å²) in [7, 11) is -3.72. The standard InChI is InChI=1S/C26H33NO4S/c1-16-4-6-18(7-5-16)32(30,31)27-15-23(2)8-3-9-26(29)20-13-17-12-19-22(27)25(23,26)11-10-24(19,20)21(28)14-17/h4-7,17,19-20,22,29H,3,8-15H2,1-2H3/t17?,19-,20-,22-,23+,24-,25-,26+/m1/s1. The van der Waals surface area contributed by atoms with E-state index in [4.69, 9.17) is 0 Å². The Balaban J connectivity index is 1.47. The number of carbonyl (C=O) groups excluding carboxylic acids is 1. The fourth-order valence-corrected chi connectivity index (χ4v) is 12.3. The Morgan fingerprint density at radius 2 is 1.81 bits per heavy atom. The van der Waals surface area contributed by atoms with E-state index in [2.05, 4.69) is 6.92 Å². The number of hydrogen-bond acceptors (Lipinski definition) is 4. The second-order valence-corrected chi connectivity index (χ2v) is 14.2. The van der Waals surface area contributed by atoms with Crippen molar-refractivity contribution in [2.75, 3.05) is 6.54 Å². The molecule has 1 aliphatic heterocycles. The van der Waals surface area contributed by atoms with Crippen LogP contribution < -0.4 is 0 Å². The van der Waals surface area contributed by atoms with Crippen LogP contribution in [0.1, 0.15) is 63.9 Å². The van der Waals surface area contributed by atoms with Crippen molar-refractivity contribution in [2.24, 2.45) is 34.0 Å². The smallest absolute Gasteiger partial charge is 0.243 e. The first-order valence-electron chi connectivity index (χ1n) is 12.4. The highest BCUT2D eigenvalue weighted by Crippen LogP contribution is 2.82. The molecule has 8 aliphatic rings. The van der Waals surface area contributed by atoms with Gasteiger partial charge in [-0.2, -0.15) is 4.31 Å². The minimum Gasteiger partial charge on any atom is -0.389 e. The van der Waals surface area contributed by atoms with E-state index in [0.717, 1.165) is 50.5 Å². The van der Waals surface area contributed by atoms with Crippen molar-refractivity contribution in [2.45, 2.75) is 81.8 Å². The van der Waals surface area contributed by atoms with Crippen molar-refractivity contribution in [3.63, 3.8) is 0 Å². The normalized spacial score (nSPS) is 51.2. The first kappa shape index (κ1) is 20.2. The van der Waals surface area contributed by atoms with Crippen LogP contribution in [-0.2, 0) is 14.8 Å². The Hall–Kier alpha value is -1.24. The van der Waals surface area contributed by atoms with E-state index in [1.165, 1.54) is 0 Å². The summed E-state index contributed by atoms with van der Waals surface area (Å²) in [6.45, 7) is 4.67. The third kappa shape index (κ3) is 1.87. The van der Waals surface area contributed by atoms with Crippen LogP contribution in [0.15, 0.2) is 29.2 Å². The van der Waals surface area contributed by atoms with Gasteiger partial charge in [0.1, 0.15) is 5.78 Å². The number of Topliss-reactive ketones (excluding diaryl/α,β-unsaturated/α-hetero) is 1. The average Bonchev–Trinajstić information content (AvgIpc) is 3.04. The summed E-state index contributed by atoms with van der Waals surface area (Å²) < 4.78 is 30.0. The van der Waals surface area contributed by atoms with Crippen molar-refractivity contribution < 1.29 is 18.3 Å². The number of nitrogens with zero attached hydrogens (tertiary/aromatic N) is 1. The molecule has 1 aromatic carbocycles. The first-order chi connectivity index (χ1) is 15.1. The lowest BCUT2D eigenvalue weighted by Gasteiger charge is -2.78. The highest BCUT2D eigenvalue weighted by atomic mass is 32.2. The minimum atomic E-state index is -3.72. The molecule has 1 N–H and O–H groups in total. The van der Waals surface area contributed by atoms with Crippen LogP contribution in [0.3, 0.4) is 0 Å². The number of aliphatic hydroxyl groups is 1. The van der Waals surface area contributed by atoms with Crippen molar-refractivity contribution in [1.29, 1.82) is 0 Å². The van der Waals surface area contributed by atoms with Gasteiger partial charge < -0.3 is 5.11 Å². The predicted molar refractivity (Wildman–Crippen MR) is 119 cm³/mol. The third-order valence-corrected chi connectivity index (χ3v) is 13.2. The Bertz CT molecular complexity index is 1150. The van der Waals surface area contributed by atoms with Crippen LogP contribution in [0.5, 0.6) is 0 Å². The maximum Gasteiger partial charge on any atom is 0.243 e. The van der Waals surface area contributed by atoms with Crippen LogP contribution in [0.2, 0.25) is 0 Å². The second kappa shape index (κ2) is 5.69. The molecule has 0 amide bonds. The Kier molecular flexibility index (Phi) is 3.59. The van der Waals surface area contributed by atoms with Gasteiger partial charge in [0.05, 0.1) is 10.5 Å². The molecule has 0 aromatic heterocycles. The Labute approximate surface area is 190 Å². The zero-order valence-electron chi connectivity index (χ0n) is 19.0. The molecule has 9 rings (SSSR count). The summed E-state index contributed by atoms with van der Waals surface area (Å²) in [5.74, 6) is 0.703. The summed E-state index contributed by atoms with van der Waals surface area (Å²) in [4.78, 5) is 13.9. The van der Waals surface area contributed by atoms with E-state index in [0.29, 0.717) is 29.6 Å². The second-order valence-electron chi connectivity index (χ2n) is 12.3. The number of fused-ring (bicyclic) bond motifs is 2. The maximum atomic E-state index is 14.1. The highest BCUT2D eigenvalue weighted by Gasteiger charge is 2.86. The van der Waals surface area contributed by atoms with Crippen LogP contribution >= 0.6 is 0 Å². The highest BCUT2D eigenvalue weighted by molar-refractivity contribution is 7.89. The van der Waals surface area contributed by atoms with E-state index < -0.39 is 26.5 Å². The van der Waals surface area contributed by atoms with Gasteiger partial charge in [-0.05, 0) is 81.3 Å². The molecule has 7 aliphatic carbocycles. The van der Waals surface area contributed by atoms with E-state index in [1.807, 2.05) is 19.1 Å². The lowest BCUT2D eigenvalue weighted by Crippen LogP contribution is -2.82. The molecule has 0 radical (unpaired) electrons. The molecule has 5 nitrogen and oxygen atoms in total. The van der Waals surface area contributed by atoms with Crippen LogP contribution in [0.4, 0.5) is 0 Å². The van der Waals surface area contributed by atoms with E-state index in [9.17, 15) is 18.3 Å². The van der Waals surface area contributed by atoms with Crippen molar-refractivity contribution in [1.82, 2.24) is 4.31 Å². The predicted octanol–water partition coefficient (Wildman–Crippen LogP) is 3.68. The molecule has 1 aromatic rings. The van der Waals surface area contributed by atoms with Gasteiger partial charge in [0.25, 0.3) is 0 Å². The molecule has 1 saturated heterocycles. The summed E-state index contributed by atoms with van der Waals surface area (Å²) in [5, 5.41) is 12.6. The van der Waals surface area contributed by atoms with Gasteiger partial charge in [-0.25, -0.2) is 8.42 Å². The Morgan fingerprint density at radius 3 is 2.56 bits per heavy atom. The van der Waals surface area contributed by atoms with Gasteiger partial charge in [0.2, 0.25) is 10.0 Å². The van der Waals surface area contributed by atoms with Gasteiger partial charge in [-0.3, -0.25) is 4.79 Å². The number of rotatable bonds is 2. The summed E-state index contributed by atoms with van der Waals surface area (Å²) in [5.41, 5.74) is -1.09. The van der Waals surface area contributed by atoms with Crippen LogP contribution in [-0.4, -0.2) is 41.8 Å². The molecular formula is C26H33NO4S. The molecular weight excluding hydrogens is 422 g/mol. The summed E-state index contributed by atoms with van der Waals surface area (Å²) in [6.07, 6.45) is 6.75. The van der Waals surface area contributed by atoms with Gasteiger partial charge in [0, 0.05) is 35.8 Å². The molecule has 1 heterocycles. The quantitative estimate of drug-likeness (QED) is 0.738. The van der Waals surface area contributed by atoms with Gasteiger partial charge >= 0.3 is 0 Å². The lowest BCUT2D eigenvalue weighted by molar-refractivity contribution is -0.325. The Morgan fingerprint density at radius 1 is 1.06 bits per heavy atom.